The molecular weight excluding hydrogens is 519 g/mol. The molecule has 0 aliphatic carbocycles. The Morgan fingerprint density at radius 3 is 2.37 bits per heavy atom. The Morgan fingerprint density at radius 1 is 1.03 bits per heavy atom. The van der Waals surface area contributed by atoms with Crippen molar-refractivity contribution in [2.75, 3.05) is 12.4 Å². The van der Waals surface area contributed by atoms with Gasteiger partial charge in [0.05, 0.1) is 12.5 Å². The van der Waals surface area contributed by atoms with Crippen LogP contribution in [-0.4, -0.2) is 28.2 Å². The van der Waals surface area contributed by atoms with E-state index in [-0.39, 0.29) is 32.7 Å². The molecule has 2 heterocycles. The molecule has 2 N–H and O–H groups in total. The average Bonchev–Trinajstić information content (AvgIpc) is 3.26. The Balaban J connectivity index is 0.000000638. The topological polar surface area (TPSA) is 97.5 Å². The molecule has 0 amide bonds. The molecule has 0 fully saturated rings. The fourth-order valence-corrected chi connectivity index (χ4v) is 3.46. The maximum absolute atomic E-state index is 8.89. The van der Waals surface area contributed by atoms with Gasteiger partial charge in [-0.2, -0.15) is 24.3 Å². The van der Waals surface area contributed by atoms with Crippen LogP contribution in [0.3, 0.4) is 0 Å². The van der Waals surface area contributed by atoms with Crippen LogP contribution in [0.25, 0.3) is 33.6 Å². The molecule has 0 spiro atoms. The van der Waals surface area contributed by atoms with E-state index in [1.54, 1.807) is 7.11 Å². The number of carbonyl (C=O) groups is 1. The maximum atomic E-state index is 8.89. The molecule has 0 bridgehead atoms. The van der Waals surface area contributed by atoms with Crippen molar-refractivity contribution in [3.63, 3.8) is 0 Å². The van der Waals surface area contributed by atoms with Crippen molar-refractivity contribution in [2.24, 2.45) is 0 Å². The van der Waals surface area contributed by atoms with E-state index in [2.05, 4.69) is 28.3 Å². The van der Waals surface area contributed by atoms with Crippen molar-refractivity contribution in [3.05, 3.63) is 98.2 Å². The van der Waals surface area contributed by atoms with Gasteiger partial charge in [0.2, 0.25) is 5.71 Å². The van der Waals surface area contributed by atoms with Crippen LogP contribution in [0.15, 0.2) is 89.6 Å². The number of carboxylic acids is 1. The van der Waals surface area contributed by atoms with Crippen LogP contribution in [0.5, 0.6) is 5.75 Å². The number of anilines is 2. The Hall–Kier alpha value is -3.68. The molecule has 5 aromatic rings. The number of aliphatic carboxylic acids is 1. The van der Waals surface area contributed by atoms with E-state index in [9.17, 15) is 0 Å². The van der Waals surface area contributed by atoms with Crippen molar-refractivity contribution >= 4 is 28.6 Å². The molecule has 0 atom stereocenters. The summed E-state index contributed by atoms with van der Waals surface area (Å²) in [5, 5.41) is 11.5. The minimum atomic E-state index is -1.08. The van der Waals surface area contributed by atoms with Crippen LogP contribution < -0.4 is 10.1 Å². The van der Waals surface area contributed by atoms with Gasteiger partial charge in [-0.05, 0) is 17.7 Å². The second-order valence-electron chi connectivity index (χ2n) is 7.11. The largest absolute Gasteiger partial charge is 0.503 e. The third kappa shape index (κ3) is 6.26. The molecule has 8 heteroatoms. The molecule has 5 rings (SSSR count). The minimum Gasteiger partial charge on any atom is -0.503 e. The van der Waals surface area contributed by atoms with Gasteiger partial charge in [-0.3, -0.25) is 11.7 Å². The number of ether oxygens (including phenoxy) is 1. The van der Waals surface area contributed by atoms with Gasteiger partial charge in [-0.15, -0.1) is 6.07 Å². The van der Waals surface area contributed by atoms with E-state index in [4.69, 9.17) is 19.1 Å². The summed E-state index contributed by atoms with van der Waals surface area (Å²) in [7, 11) is 1.66. The second-order valence-corrected chi connectivity index (χ2v) is 7.11. The van der Waals surface area contributed by atoms with Crippen LogP contribution in [-0.2, 0) is 37.5 Å². The van der Waals surface area contributed by atoms with Crippen molar-refractivity contribution in [3.8, 4) is 28.2 Å². The first-order valence-electron chi connectivity index (χ1n) is 10.3. The molecule has 0 saturated heterocycles. The zero-order valence-corrected chi connectivity index (χ0v) is 21.8. The van der Waals surface area contributed by atoms with Gasteiger partial charge in [0.1, 0.15) is 23.7 Å². The number of carboxylic acid groups (broad SMARTS) is 1. The van der Waals surface area contributed by atoms with Gasteiger partial charge in [0.25, 0.3) is 0 Å². The first-order valence-corrected chi connectivity index (χ1v) is 10.3. The van der Waals surface area contributed by atoms with E-state index in [0.29, 0.717) is 11.5 Å². The van der Waals surface area contributed by atoms with Gasteiger partial charge in [-0.25, -0.2) is 9.97 Å². The Kier molecular flexibility index (Phi) is 9.01. The number of rotatable bonds is 5. The van der Waals surface area contributed by atoms with Crippen molar-refractivity contribution < 1.29 is 51.8 Å². The smallest absolute Gasteiger partial charge is 0.232 e. The maximum Gasteiger partial charge on any atom is 0.232 e. The zero-order chi connectivity index (χ0) is 23.9. The molecule has 1 radical (unpaired) electrons. The fourth-order valence-electron chi connectivity index (χ4n) is 3.46. The number of methoxy groups -OCH3 is 1. The third-order valence-electron chi connectivity index (χ3n) is 4.87. The number of aromatic nitrogens is 2. The average molecular weight is 540 g/mol. The van der Waals surface area contributed by atoms with Gasteiger partial charge < -0.3 is 19.6 Å². The molecule has 0 aliphatic heterocycles. The van der Waals surface area contributed by atoms with Crippen molar-refractivity contribution in [1.82, 2.24) is 9.97 Å². The summed E-state index contributed by atoms with van der Waals surface area (Å²) < 4.78 is 11.6. The molecule has 0 unspecified atom stereocenters. The molecule has 0 saturated carbocycles. The summed E-state index contributed by atoms with van der Waals surface area (Å²) in [5.41, 5.74) is 4.31. The molecular formula is C27H21N3O4Y-2. The van der Waals surface area contributed by atoms with Crippen LogP contribution in [0.2, 0.25) is 0 Å². The summed E-state index contributed by atoms with van der Waals surface area (Å²) >= 11 is 0. The predicted octanol–water partition coefficient (Wildman–Crippen LogP) is 6.01. The van der Waals surface area contributed by atoms with Crippen LogP contribution in [0.4, 0.5) is 11.5 Å². The number of fused-ring (bicyclic) bond motifs is 1. The summed E-state index contributed by atoms with van der Waals surface area (Å²) in [4.78, 5) is 17.8. The van der Waals surface area contributed by atoms with Crippen LogP contribution in [0, 0.1) is 13.0 Å². The van der Waals surface area contributed by atoms with Gasteiger partial charge >= 0.3 is 0 Å². The summed E-state index contributed by atoms with van der Waals surface area (Å²) in [6.07, 6.45) is 1.51. The molecule has 7 nitrogen and oxygen atoms in total. The summed E-state index contributed by atoms with van der Waals surface area (Å²) in [6.45, 7) is 2.56. The Morgan fingerprint density at radius 2 is 1.74 bits per heavy atom. The number of benzene rings is 3. The van der Waals surface area contributed by atoms with Crippen molar-refractivity contribution in [1.29, 1.82) is 0 Å². The van der Waals surface area contributed by atoms with E-state index >= 15 is 0 Å². The quantitative estimate of drug-likeness (QED) is 0.264. The normalized spacial score (nSPS) is 9.97. The molecule has 2 aromatic heterocycles. The third-order valence-corrected chi connectivity index (χ3v) is 4.87. The van der Waals surface area contributed by atoms with Gasteiger partial charge in [0.15, 0.2) is 5.97 Å². The molecule has 3 aromatic carbocycles. The van der Waals surface area contributed by atoms with E-state index in [0.717, 1.165) is 39.3 Å². The first kappa shape index (κ1) is 25.9. The Labute approximate surface area is 228 Å². The van der Waals surface area contributed by atoms with Crippen molar-refractivity contribution in [2.45, 2.75) is 0 Å². The monoisotopic (exact) mass is 540 g/mol. The summed E-state index contributed by atoms with van der Waals surface area (Å²) in [5.74, 6) is 1.14. The predicted molar refractivity (Wildman–Crippen MR) is 131 cm³/mol. The van der Waals surface area contributed by atoms with Crippen LogP contribution in [0.1, 0.15) is 0 Å². The van der Waals surface area contributed by atoms with E-state index in [1.807, 2.05) is 78.9 Å². The molecule has 173 valence electrons. The SMILES string of the molecule is COc1ccc(-c2c(-c3ccccc3)oc3ncnc(Nc4c[c-]ccc4)c23)cc1.[CH2-]C(=O)O.[Y]. The number of hydrogen-bond donors (Lipinski definition) is 2. The molecule has 0 aliphatic rings. The van der Waals surface area contributed by atoms with Gasteiger partial charge in [0, 0.05) is 43.8 Å². The molecule has 35 heavy (non-hydrogen) atoms. The van der Waals surface area contributed by atoms with Gasteiger partial charge in [-0.1, -0.05) is 48.2 Å². The van der Waals surface area contributed by atoms with Crippen LogP contribution >= 0.6 is 0 Å². The number of nitrogens with one attached hydrogen (secondary N) is 1. The first-order chi connectivity index (χ1) is 16.6. The Bertz CT molecular complexity index is 1390. The van der Waals surface area contributed by atoms with E-state index < -0.39 is 5.97 Å². The van der Waals surface area contributed by atoms with E-state index in [1.165, 1.54) is 6.33 Å². The number of hydrogen-bond acceptors (Lipinski definition) is 6. The zero-order valence-electron chi connectivity index (χ0n) is 18.9. The standard InChI is InChI=1S/C25H18N3O2.C2H3O2.Y/c1-29-20-14-12-17(13-15-20)21-22-24(28-19-10-6-3-7-11-19)26-16-27-25(22)30-23(21)18-8-4-2-5-9-18;1-2(3)4;/h2-6,8-16H,1H3,(H,26,27,28);1H2,(H,3,4);/q2*-1;. The number of furan rings is 1. The number of nitrogens with zero attached hydrogens (tertiary/aromatic N) is 2. The second kappa shape index (κ2) is 12.2. The minimum absolute atomic E-state index is 0. The fraction of sp³-hybridized carbons (Fsp3) is 0.0370. The summed E-state index contributed by atoms with van der Waals surface area (Å²) in [6, 6.07) is 28.6.